The van der Waals surface area contributed by atoms with Crippen LogP contribution in [0.4, 0.5) is 0 Å². The van der Waals surface area contributed by atoms with Gasteiger partial charge in [-0.2, -0.15) is 0 Å². The van der Waals surface area contributed by atoms with Crippen LogP contribution < -0.4 is 10.2 Å². The lowest BCUT2D eigenvalue weighted by Crippen LogP contribution is -2.45. The minimum atomic E-state index is -4.64. The van der Waals surface area contributed by atoms with Gasteiger partial charge in [-0.25, -0.2) is 0 Å². The Morgan fingerprint density at radius 3 is 2.04 bits per heavy atom. The number of likely N-dealkylation sites (N-methyl/N-ethyl adjacent to an activating group) is 1. The number of hydrogen-bond acceptors (Lipinski definition) is 9. The molecule has 0 spiro atoms. The number of aliphatic hydroxyl groups is 4. The molecule has 0 heterocycles. The molecular formula is C43H83N2O9P. The van der Waals surface area contributed by atoms with Gasteiger partial charge in [0.2, 0.25) is 5.91 Å². The van der Waals surface area contributed by atoms with Gasteiger partial charge in [-0.05, 0) is 38.0 Å². The summed E-state index contributed by atoms with van der Waals surface area (Å²) in [5.41, 5.74) is 0. The zero-order chi connectivity index (χ0) is 41.0. The van der Waals surface area contributed by atoms with Crippen LogP contribution >= 0.6 is 7.82 Å². The highest BCUT2D eigenvalue weighted by molar-refractivity contribution is 7.45. The van der Waals surface area contributed by atoms with Crippen LogP contribution in [0.15, 0.2) is 24.3 Å². The van der Waals surface area contributed by atoms with Gasteiger partial charge in [0.15, 0.2) is 0 Å². The average molecular weight is 803 g/mol. The van der Waals surface area contributed by atoms with Crippen molar-refractivity contribution in [3.8, 4) is 0 Å². The second-order valence-corrected chi connectivity index (χ2v) is 18.4. The fourth-order valence-electron chi connectivity index (χ4n) is 7.19. The molecule has 0 aromatic heterocycles. The summed E-state index contributed by atoms with van der Waals surface area (Å²) >= 11 is 0. The number of amides is 1. The smallest absolute Gasteiger partial charge is 0.268 e. The molecule has 1 saturated carbocycles. The van der Waals surface area contributed by atoms with Crippen molar-refractivity contribution in [3.05, 3.63) is 24.3 Å². The normalized spacial score (nSPS) is 22.0. The summed E-state index contributed by atoms with van der Waals surface area (Å²) in [7, 11) is 1.13. The van der Waals surface area contributed by atoms with Gasteiger partial charge in [-0.15, -0.1) is 0 Å². The van der Waals surface area contributed by atoms with E-state index in [-0.39, 0.29) is 30.8 Å². The highest BCUT2D eigenvalue weighted by Gasteiger charge is 2.39. The number of allylic oxidation sites excluding steroid dienone is 1. The van der Waals surface area contributed by atoms with E-state index in [2.05, 4.69) is 19.2 Å². The van der Waals surface area contributed by atoms with Crippen molar-refractivity contribution in [2.75, 3.05) is 40.9 Å². The number of nitrogens with one attached hydrogen (secondary N) is 1. The van der Waals surface area contributed by atoms with Crippen molar-refractivity contribution in [1.29, 1.82) is 0 Å². The molecule has 55 heavy (non-hydrogen) atoms. The van der Waals surface area contributed by atoms with Crippen LogP contribution in [0.3, 0.4) is 0 Å². The fraction of sp³-hybridized carbons (Fsp3) is 0.884. The summed E-state index contributed by atoms with van der Waals surface area (Å²) in [5, 5.41) is 45.2. The van der Waals surface area contributed by atoms with Gasteiger partial charge in [-0.3, -0.25) is 9.36 Å². The standard InChI is InChI=1S/C43H83N2O9P/c1-6-8-10-11-12-13-14-15-16-17-18-19-24-28-40(47)39(35-54-55(51,52)53-33-32-45(3,4)5)44-43(50)29-25-21-20-23-27-37-38(42(49)34-41(37)48)31-30-36(46)26-22-9-7-2/h24,28,30-31,36-42,46-49H,6-23,25-27,29,32-35H2,1-5H3,(H-,44,50,51,52)/b28-24+,31-30+/t36-,37+,38+,39-,40+,41-,42+/m0/s1. The molecule has 11 nitrogen and oxygen atoms in total. The molecule has 12 heteroatoms. The van der Waals surface area contributed by atoms with Crippen LogP contribution in [0.5, 0.6) is 0 Å². The van der Waals surface area contributed by atoms with Gasteiger partial charge in [-0.1, -0.05) is 141 Å². The molecule has 1 fully saturated rings. The third-order valence-electron chi connectivity index (χ3n) is 10.8. The van der Waals surface area contributed by atoms with Gasteiger partial charge in [0.1, 0.15) is 13.2 Å². The van der Waals surface area contributed by atoms with Gasteiger partial charge >= 0.3 is 0 Å². The molecule has 0 saturated heterocycles. The van der Waals surface area contributed by atoms with Crippen molar-refractivity contribution < 1.29 is 48.2 Å². The van der Waals surface area contributed by atoms with Crippen LogP contribution in [-0.4, -0.2) is 102 Å². The van der Waals surface area contributed by atoms with E-state index in [9.17, 15) is 34.7 Å². The third-order valence-corrected chi connectivity index (χ3v) is 11.7. The lowest BCUT2D eigenvalue weighted by molar-refractivity contribution is -0.870. The van der Waals surface area contributed by atoms with E-state index in [4.69, 9.17) is 9.05 Å². The Bertz CT molecular complexity index is 1070. The van der Waals surface area contributed by atoms with Gasteiger partial charge < -0.3 is 44.2 Å². The number of rotatable bonds is 35. The molecule has 0 bridgehead atoms. The first-order valence-corrected chi connectivity index (χ1v) is 23.4. The summed E-state index contributed by atoms with van der Waals surface area (Å²) in [6.07, 6.45) is 27.1. The number of phosphoric acid groups is 1. The highest BCUT2D eigenvalue weighted by Crippen LogP contribution is 2.39. The first-order valence-electron chi connectivity index (χ1n) is 22.0. The number of quaternary nitrogens is 1. The maximum Gasteiger partial charge on any atom is 0.268 e. The lowest BCUT2D eigenvalue weighted by Gasteiger charge is -2.29. The molecule has 324 valence electrons. The molecule has 1 aliphatic rings. The topological polar surface area (TPSA) is 169 Å². The first-order chi connectivity index (χ1) is 26.2. The van der Waals surface area contributed by atoms with Crippen LogP contribution in [0, 0.1) is 11.8 Å². The zero-order valence-electron chi connectivity index (χ0n) is 35.5. The second kappa shape index (κ2) is 30.9. The van der Waals surface area contributed by atoms with Crippen LogP contribution in [0.25, 0.3) is 0 Å². The largest absolute Gasteiger partial charge is 0.756 e. The zero-order valence-corrected chi connectivity index (χ0v) is 36.4. The Kier molecular flexibility index (Phi) is 29.1. The predicted octanol–water partition coefficient (Wildman–Crippen LogP) is 7.49. The van der Waals surface area contributed by atoms with Crippen molar-refractivity contribution in [1.82, 2.24) is 5.32 Å². The molecule has 1 unspecified atom stereocenters. The molecule has 0 aromatic rings. The summed E-state index contributed by atoms with van der Waals surface area (Å²) in [6, 6.07) is -0.962. The number of nitrogens with zero attached hydrogens (tertiary/aromatic N) is 1. The van der Waals surface area contributed by atoms with Gasteiger partial charge in [0.05, 0.1) is 58.2 Å². The number of phosphoric ester groups is 1. The molecule has 0 aromatic carbocycles. The van der Waals surface area contributed by atoms with Crippen LogP contribution in [-0.2, 0) is 18.4 Å². The van der Waals surface area contributed by atoms with Gasteiger partial charge in [0.25, 0.3) is 7.82 Å². The van der Waals surface area contributed by atoms with Crippen molar-refractivity contribution in [2.45, 2.75) is 192 Å². The summed E-state index contributed by atoms with van der Waals surface area (Å²) in [5.74, 6) is -0.556. The molecule has 1 rings (SSSR count). The molecule has 1 aliphatic carbocycles. The van der Waals surface area contributed by atoms with Crippen molar-refractivity contribution >= 4 is 13.7 Å². The summed E-state index contributed by atoms with van der Waals surface area (Å²) < 4.78 is 23.2. The van der Waals surface area contributed by atoms with Crippen LogP contribution in [0.2, 0.25) is 0 Å². The van der Waals surface area contributed by atoms with Crippen molar-refractivity contribution in [3.63, 3.8) is 0 Å². The number of hydrogen-bond donors (Lipinski definition) is 5. The predicted molar refractivity (Wildman–Crippen MR) is 221 cm³/mol. The maximum atomic E-state index is 13.0. The van der Waals surface area contributed by atoms with E-state index in [1.807, 2.05) is 33.3 Å². The molecular weight excluding hydrogens is 719 g/mol. The fourth-order valence-corrected chi connectivity index (χ4v) is 7.91. The first kappa shape index (κ1) is 51.9. The molecule has 0 radical (unpaired) electrons. The maximum absolute atomic E-state index is 13.0. The van der Waals surface area contributed by atoms with Crippen LogP contribution in [0.1, 0.15) is 162 Å². The lowest BCUT2D eigenvalue weighted by atomic mass is 9.88. The Morgan fingerprint density at radius 1 is 0.818 bits per heavy atom. The minimum absolute atomic E-state index is 0.0391. The summed E-state index contributed by atoms with van der Waals surface area (Å²) in [4.78, 5) is 25.4. The minimum Gasteiger partial charge on any atom is -0.756 e. The van der Waals surface area contributed by atoms with E-state index < -0.39 is 44.9 Å². The van der Waals surface area contributed by atoms with Crippen molar-refractivity contribution in [2.24, 2.45) is 11.8 Å². The van der Waals surface area contributed by atoms with E-state index in [0.717, 1.165) is 64.2 Å². The monoisotopic (exact) mass is 803 g/mol. The molecule has 5 N–H and O–H groups in total. The second-order valence-electron chi connectivity index (χ2n) is 17.0. The third kappa shape index (κ3) is 27.2. The molecule has 0 aliphatic heterocycles. The number of unbranched alkanes of at least 4 members (excludes halogenated alkanes) is 16. The quantitative estimate of drug-likeness (QED) is 0.0189. The SMILES string of the molecule is CCCCCCCCCCCCC/C=C/[C@@H](O)[C@H](COP(=O)([O-])OCC[N+](C)(C)C)NC(=O)CCCCCC[C@@H]1[C@@H](/C=C/[C@@H](O)CCCCC)[C@H](O)C[C@@H]1O. The van der Waals surface area contributed by atoms with E-state index in [1.165, 1.54) is 57.8 Å². The average Bonchev–Trinajstić information content (AvgIpc) is 3.39. The van der Waals surface area contributed by atoms with E-state index in [0.29, 0.717) is 30.3 Å². The Hall–Kier alpha value is -1.14. The Balaban J connectivity index is 2.55. The number of aliphatic hydroxyl groups excluding tert-OH is 4. The Morgan fingerprint density at radius 2 is 1.40 bits per heavy atom. The van der Waals surface area contributed by atoms with Gasteiger partial charge in [0, 0.05) is 18.8 Å². The van der Waals surface area contributed by atoms with E-state index >= 15 is 0 Å². The summed E-state index contributed by atoms with van der Waals surface area (Å²) in [6.45, 7) is 4.34. The highest BCUT2D eigenvalue weighted by atomic mass is 31.2. The number of carbonyl (C=O) groups excluding carboxylic acids is 1. The Labute approximate surface area is 335 Å². The molecule has 1 amide bonds. The van der Waals surface area contributed by atoms with E-state index in [1.54, 1.807) is 12.2 Å². The number of carbonyl (C=O) groups is 1. The molecule has 8 atom stereocenters.